The lowest BCUT2D eigenvalue weighted by Crippen LogP contribution is -2.44. The van der Waals surface area contributed by atoms with Crippen LogP contribution in [0.3, 0.4) is 0 Å². The molecule has 0 atom stereocenters. The number of anilines is 2. The summed E-state index contributed by atoms with van der Waals surface area (Å²) in [7, 11) is 0. The van der Waals surface area contributed by atoms with Crippen LogP contribution < -0.4 is 4.90 Å². The van der Waals surface area contributed by atoms with Crippen molar-refractivity contribution < 1.29 is 14.0 Å². The zero-order valence-corrected chi connectivity index (χ0v) is 18.6. The molecular weight excluding hydrogens is 413 g/mol. The van der Waals surface area contributed by atoms with Crippen molar-refractivity contribution in [2.75, 3.05) is 4.90 Å². The minimum atomic E-state index is -0.482. The van der Waals surface area contributed by atoms with E-state index in [-0.39, 0.29) is 17.5 Å². The van der Waals surface area contributed by atoms with Gasteiger partial charge in [-0.25, -0.2) is 9.37 Å². The Kier molecular flexibility index (Phi) is 6.80. The molecule has 4 rings (SSSR count). The molecule has 2 aliphatic carbocycles. The van der Waals surface area contributed by atoms with Gasteiger partial charge in [-0.3, -0.25) is 14.5 Å². The summed E-state index contributed by atoms with van der Waals surface area (Å²) in [5.74, 6) is -0.755. The number of amides is 2. The number of nitrogens with zero attached hydrogens (tertiary/aromatic N) is 3. The Morgan fingerprint density at radius 3 is 2.26 bits per heavy atom. The van der Waals surface area contributed by atoms with Crippen molar-refractivity contribution in [3.63, 3.8) is 0 Å². The predicted molar refractivity (Wildman–Crippen MR) is 122 cm³/mol. The Morgan fingerprint density at radius 2 is 1.68 bits per heavy atom. The Hall–Kier alpha value is -2.54. The Morgan fingerprint density at radius 1 is 1.06 bits per heavy atom. The van der Waals surface area contributed by atoms with E-state index in [9.17, 15) is 14.0 Å². The molecule has 164 valence electrons. The molecule has 0 bridgehead atoms. The summed E-state index contributed by atoms with van der Waals surface area (Å²) in [5.41, 5.74) is 0.762. The monoisotopic (exact) mass is 441 g/mol. The third-order valence-corrected chi connectivity index (χ3v) is 7.04. The molecule has 5 nitrogen and oxygen atoms in total. The molecule has 2 saturated carbocycles. The van der Waals surface area contributed by atoms with Crippen LogP contribution in [0, 0.1) is 5.82 Å². The van der Waals surface area contributed by atoms with Gasteiger partial charge in [0.1, 0.15) is 5.82 Å². The van der Waals surface area contributed by atoms with Gasteiger partial charge in [-0.2, -0.15) is 0 Å². The van der Waals surface area contributed by atoms with Crippen LogP contribution in [0.15, 0.2) is 35.7 Å². The number of para-hydroxylation sites is 1. The van der Waals surface area contributed by atoms with Crippen molar-refractivity contribution >= 4 is 40.0 Å². The number of thiazole rings is 1. The summed E-state index contributed by atoms with van der Waals surface area (Å²) in [5, 5.41) is 2.17. The van der Waals surface area contributed by atoms with Crippen molar-refractivity contribution in [1.29, 1.82) is 0 Å². The molecule has 1 aromatic heterocycles. The molecule has 1 heterocycles. The zero-order chi connectivity index (χ0) is 21.8. The highest BCUT2D eigenvalue weighted by Crippen LogP contribution is 2.33. The molecule has 7 heteroatoms. The number of hydrogen-bond donors (Lipinski definition) is 0. The summed E-state index contributed by atoms with van der Waals surface area (Å²) in [6.45, 7) is 1.38. The van der Waals surface area contributed by atoms with Gasteiger partial charge < -0.3 is 4.90 Å². The van der Waals surface area contributed by atoms with Gasteiger partial charge in [0, 0.05) is 30.5 Å². The SMILES string of the molecule is CC(=O)N(c1nc(/C=C/C(=O)N(C2CCCC2)C2CCCC2)cs1)c1ccccc1F. The first kappa shape index (κ1) is 21.7. The van der Waals surface area contributed by atoms with Crippen LogP contribution in [0.1, 0.15) is 64.0 Å². The highest BCUT2D eigenvalue weighted by molar-refractivity contribution is 7.14. The smallest absolute Gasteiger partial charge is 0.247 e. The second-order valence-corrected chi connectivity index (χ2v) is 9.15. The van der Waals surface area contributed by atoms with E-state index in [0.29, 0.717) is 22.9 Å². The summed E-state index contributed by atoms with van der Waals surface area (Å²) in [4.78, 5) is 33.2. The first-order chi connectivity index (χ1) is 15.0. The van der Waals surface area contributed by atoms with Crippen molar-refractivity contribution in [1.82, 2.24) is 9.88 Å². The fraction of sp³-hybridized carbons (Fsp3) is 0.458. The van der Waals surface area contributed by atoms with Crippen molar-refractivity contribution in [2.24, 2.45) is 0 Å². The normalized spacial score (nSPS) is 17.5. The number of halogens is 1. The average Bonchev–Trinajstić information content (AvgIpc) is 3.52. The van der Waals surface area contributed by atoms with E-state index in [1.54, 1.807) is 35.7 Å². The second kappa shape index (κ2) is 9.73. The second-order valence-electron chi connectivity index (χ2n) is 8.32. The molecule has 0 radical (unpaired) electrons. The lowest BCUT2D eigenvalue weighted by Gasteiger charge is -2.33. The average molecular weight is 442 g/mol. The van der Waals surface area contributed by atoms with Crippen molar-refractivity contribution in [2.45, 2.75) is 70.4 Å². The highest BCUT2D eigenvalue weighted by Gasteiger charge is 2.33. The molecule has 0 saturated heterocycles. The maximum atomic E-state index is 14.2. The molecule has 31 heavy (non-hydrogen) atoms. The lowest BCUT2D eigenvalue weighted by atomic mass is 10.1. The zero-order valence-electron chi connectivity index (χ0n) is 17.8. The van der Waals surface area contributed by atoms with Crippen molar-refractivity contribution in [3.8, 4) is 0 Å². The summed E-state index contributed by atoms with van der Waals surface area (Å²) >= 11 is 1.25. The van der Waals surface area contributed by atoms with Gasteiger partial charge in [-0.1, -0.05) is 37.8 Å². The number of hydrogen-bond acceptors (Lipinski definition) is 4. The van der Waals surface area contributed by atoms with Crippen LogP contribution in [0.5, 0.6) is 0 Å². The van der Waals surface area contributed by atoms with E-state index >= 15 is 0 Å². The van der Waals surface area contributed by atoms with Gasteiger partial charge in [-0.15, -0.1) is 11.3 Å². The first-order valence-corrected chi connectivity index (χ1v) is 11.9. The van der Waals surface area contributed by atoms with Crippen LogP contribution in [0.2, 0.25) is 0 Å². The largest absolute Gasteiger partial charge is 0.333 e. The molecule has 1 aromatic carbocycles. The maximum absolute atomic E-state index is 14.2. The number of carbonyl (C=O) groups is 2. The standard InChI is InChI=1S/C24H28FN3O2S/c1-17(29)27(22-13-7-6-12-21(22)25)24-26-18(16-31-24)14-15-23(30)28(19-8-2-3-9-19)20-10-4-5-11-20/h6-7,12-16,19-20H,2-5,8-11H2,1H3/b15-14+. The Balaban J connectivity index is 1.52. The summed E-state index contributed by atoms with van der Waals surface area (Å²) in [6, 6.07) is 6.83. The summed E-state index contributed by atoms with van der Waals surface area (Å²) < 4.78 is 14.2. The molecule has 2 amide bonds. The maximum Gasteiger partial charge on any atom is 0.247 e. The Labute approximate surface area is 186 Å². The fourth-order valence-corrected chi connectivity index (χ4v) is 5.61. The molecule has 2 aromatic rings. The number of aromatic nitrogens is 1. The molecule has 0 spiro atoms. The number of carbonyl (C=O) groups excluding carboxylic acids is 2. The fourth-order valence-electron chi connectivity index (χ4n) is 4.76. The van der Waals surface area contributed by atoms with Crippen LogP contribution in [-0.4, -0.2) is 33.8 Å². The topological polar surface area (TPSA) is 53.5 Å². The van der Waals surface area contributed by atoms with Crippen LogP contribution in [-0.2, 0) is 9.59 Å². The highest BCUT2D eigenvalue weighted by atomic mass is 32.1. The van der Waals surface area contributed by atoms with Crippen molar-refractivity contribution in [3.05, 3.63) is 47.2 Å². The molecule has 2 fully saturated rings. The van der Waals surface area contributed by atoms with Gasteiger partial charge in [0.05, 0.1) is 11.4 Å². The lowest BCUT2D eigenvalue weighted by molar-refractivity contribution is -0.130. The number of rotatable bonds is 6. The molecular formula is C24H28FN3O2S. The summed E-state index contributed by atoms with van der Waals surface area (Å²) in [6.07, 6.45) is 12.4. The molecule has 0 aliphatic heterocycles. The van der Waals surface area contributed by atoms with E-state index in [0.717, 1.165) is 25.7 Å². The van der Waals surface area contributed by atoms with E-state index in [1.165, 1.54) is 54.9 Å². The van der Waals surface area contributed by atoms with Gasteiger partial charge in [-0.05, 0) is 43.9 Å². The van der Waals surface area contributed by atoms with E-state index < -0.39 is 5.82 Å². The third kappa shape index (κ3) is 4.87. The minimum absolute atomic E-state index is 0.0471. The predicted octanol–water partition coefficient (Wildman–Crippen LogP) is 5.69. The molecule has 2 aliphatic rings. The van der Waals surface area contributed by atoms with E-state index in [1.807, 2.05) is 0 Å². The molecule has 0 unspecified atom stereocenters. The number of benzene rings is 1. The van der Waals surface area contributed by atoms with E-state index in [2.05, 4.69) is 9.88 Å². The Bertz CT molecular complexity index is 945. The van der Waals surface area contributed by atoms with Gasteiger partial charge >= 0.3 is 0 Å². The van der Waals surface area contributed by atoms with Gasteiger partial charge in [0.2, 0.25) is 11.8 Å². The molecule has 0 N–H and O–H groups in total. The quantitative estimate of drug-likeness (QED) is 0.541. The van der Waals surface area contributed by atoms with Crippen LogP contribution in [0.4, 0.5) is 15.2 Å². The van der Waals surface area contributed by atoms with Crippen LogP contribution >= 0.6 is 11.3 Å². The van der Waals surface area contributed by atoms with Gasteiger partial charge in [0.25, 0.3) is 0 Å². The van der Waals surface area contributed by atoms with Crippen LogP contribution in [0.25, 0.3) is 6.08 Å². The first-order valence-electron chi connectivity index (χ1n) is 11.1. The minimum Gasteiger partial charge on any atom is -0.333 e. The van der Waals surface area contributed by atoms with Gasteiger partial charge in [0.15, 0.2) is 5.13 Å². The third-order valence-electron chi connectivity index (χ3n) is 6.20. The van der Waals surface area contributed by atoms with E-state index in [4.69, 9.17) is 0 Å².